The maximum atomic E-state index is 5.41. The molecule has 1 aromatic heterocycles. The Kier molecular flexibility index (Phi) is 3.22. The number of halogens is 3. The van der Waals surface area contributed by atoms with Crippen molar-refractivity contribution in [1.82, 2.24) is 4.57 Å². The molecule has 0 N–H and O–H groups in total. The number of nitrogens with zero attached hydrogens (tertiary/aromatic N) is 1. The van der Waals surface area contributed by atoms with Gasteiger partial charge in [-0.3, -0.25) is 0 Å². The van der Waals surface area contributed by atoms with Gasteiger partial charge in [0, 0.05) is 29.7 Å². The van der Waals surface area contributed by atoms with Crippen LogP contribution in [0.15, 0.2) is 43.7 Å². The largest absolute Gasteiger partial charge is 0.371 e. The zero-order valence-electron chi connectivity index (χ0n) is 10.4. The summed E-state index contributed by atoms with van der Waals surface area (Å²) in [6, 6.07) is 10.7. The molecule has 0 radical (unpaired) electrons. The fraction of sp³-hybridized carbons (Fsp3) is 0.200. The van der Waals surface area contributed by atoms with E-state index in [1.165, 1.54) is 21.8 Å². The molecule has 3 aromatic rings. The Morgan fingerprint density at radius 2 is 1.80 bits per heavy atom. The van der Waals surface area contributed by atoms with Crippen LogP contribution in [-0.4, -0.2) is 17.3 Å². The Labute approximate surface area is 141 Å². The lowest BCUT2D eigenvalue weighted by atomic mass is 10.2. The van der Waals surface area contributed by atoms with E-state index >= 15 is 0 Å². The van der Waals surface area contributed by atoms with Crippen LogP contribution in [0, 0.1) is 0 Å². The van der Waals surface area contributed by atoms with Crippen LogP contribution >= 0.6 is 47.8 Å². The highest BCUT2D eigenvalue weighted by Gasteiger charge is 2.25. The van der Waals surface area contributed by atoms with E-state index in [1.54, 1.807) is 0 Å². The Bertz CT molecular complexity index is 836. The van der Waals surface area contributed by atoms with E-state index in [1.807, 2.05) is 0 Å². The van der Waals surface area contributed by atoms with Crippen molar-refractivity contribution >= 4 is 69.6 Å². The number of fused-ring (bicyclic) bond motifs is 3. The molecule has 2 heterocycles. The van der Waals surface area contributed by atoms with Crippen molar-refractivity contribution in [1.29, 1.82) is 0 Å². The minimum atomic E-state index is 0.355. The van der Waals surface area contributed by atoms with Crippen molar-refractivity contribution in [2.75, 3.05) is 6.61 Å². The van der Waals surface area contributed by atoms with Gasteiger partial charge in [-0.2, -0.15) is 0 Å². The third-order valence-corrected chi connectivity index (χ3v) is 5.18. The average molecular weight is 460 g/mol. The molecule has 4 rings (SSSR count). The number of rotatable bonds is 2. The fourth-order valence-corrected chi connectivity index (χ4v) is 4.49. The molecule has 1 atom stereocenters. The first-order chi connectivity index (χ1) is 9.63. The number of ether oxygens (including phenoxy) is 1. The van der Waals surface area contributed by atoms with Crippen LogP contribution < -0.4 is 0 Å². The van der Waals surface area contributed by atoms with Gasteiger partial charge in [0.25, 0.3) is 0 Å². The number of hydrogen-bond acceptors (Lipinski definition) is 1. The van der Waals surface area contributed by atoms with E-state index in [0.29, 0.717) is 6.10 Å². The van der Waals surface area contributed by atoms with E-state index in [9.17, 15) is 0 Å². The van der Waals surface area contributed by atoms with E-state index in [-0.39, 0.29) is 0 Å². The molecule has 2 nitrogen and oxygen atoms in total. The molecule has 0 spiro atoms. The SMILES string of the molecule is Brc1ccc2c(c1)c1cc(Br)cc(Br)c1n2CC1CO1. The van der Waals surface area contributed by atoms with Crippen molar-refractivity contribution in [3.05, 3.63) is 43.7 Å². The van der Waals surface area contributed by atoms with Crippen LogP contribution in [0.3, 0.4) is 0 Å². The predicted octanol–water partition coefficient (Wildman–Crippen LogP) is 5.48. The lowest BCUT2D eigenvalue weighted by molar-refractivity contribution is 0.387. The predicted molar refractivity (Wildman–Crippen MR) is 92.3 cm³/mol. The minimum absolute atomic E-state index is 0.355. The summed E-state index contributed by atoms with van der Waals surface area (Å²) in [5.41, 5.74) is 2.48. The van der Waals surface area contributed by atoms with Crippen molar-refractivity contribution < 1.29 is 4.74 Å². The first kappa shape index (κ1) is 13.3. The highest BCUT2D eigenvalue weighted by atomic mass is 79.9. The molecular weight excluding hydrogens is 450 g/mol. The van der Waals surface area contributed by atoms with E-state index < -0.39 is 0 Å². The summed E-state index contributed by atoms with van der Waals surface area (Å²) in [7, 11) is 0. The van der Waals surface area contributed by atoms with E-state index in [2.05, 4.69) is 82.7 Å². The second kappa shape index (κ2) is 4.83. The minimum Gasteiger partial charge on any atom is -0.371 e. The van der Waals surface area contributed by atoms with Gasteiger partial charge in [0.2, 0.25) is 0 Å². The molecule has 0 aliphatic carbocycles. The summed E-state index contributed by atoms with van der Waals surface area (Å²) in [6.07, 6.45) is 0.355. The molecule has 1 saturated heterocycles. The van der Waals surface area contributed by atoms with Gasteiger partial charge in [0.05, 0.1) is 24.8 Å². The number of epoxide rings is 1. The number of hydrogen-bond donors (Lipinski definition) is 0. The van der Waals surface area contributed by atoms with Gasteiger partial charge in [-0.1, -0.05) is 31.9 Å². The molecule has 1 aliphatic rings. The van der Waals surface area contributed by atoms with Gasteiger partial charge in [0.1, 0.15) is 0 Å². The first-order valence-corrected chi connectivity index (χ1v) is 8.69. The zero-order chi connectivity index (χ0) is 13.9. The molecule has 0 saturated carbocycles. The summed E-state index contributed by atoms with van der Waals surface area (Å²) >= 11 is 10.9. The normalized spacial score (nSPS) is 18.1. The second-order valence-electron chi connectivity index (χ2n) is 5.01. The van der Waals surface area contributed by atoms with Crippen LogP contribution in [0.5, 0.6) is 0 Å². The van der Waals surface area contributed by atoms with Crippen LogP contribution in [0.1, 0.15) is 0 Å². The van der Waals surface area contributed by atoms with Crippen molar-refractivity contribution in [3.63, 3.8) is 0 Å². The van der Waals surface area contributed by atoms with Crippen LogP contribution in [-0.2, 0) is 11.3 Å². The maximum Gasteiger partial charge on any atom is 0.0988 e. The molecule has 5 heteroatoms. The molecule has 0 bridgehead atoms. The molecule has 1 aliphatic heterocycles. The number of aromatic nitrogens is 1. The third-order valence-electron chi connectivity index (χ3n) is 3.63. The molecule has 20 heavy (non-hydrogen) atoms. The van der Waals surface area contributed by atoms with Crippen LogP contribution in [0.2, 0.25) is 0 Å². The van der Waals surface area contributed by atoms with Crippen molar-refractivity contribution in [2.45, 2.75) is 12.6 Å². The molecule has 1 fully saturated rings. The average Bonchev–Trinajstić information content (AvgIpc) is 3.15. The van der Waals surface area contributed by atoms with Crippen molar-refractivity contribution in [2.24, 2.45) is 0 Å². The zero-order valence-corrected chi connectivity index (χ0v) is 15.1. The van der Waals surface area contributed by atoms with Crippen molar-refractivity contribution in [3.8, 4) is 0 Å². The Hall–Kier alpha value is -0.360. The number of benzene rings is 2. The van der Waals surface area contributed by atoms with E-state index in [4.69, 9.17) is 4.74 Å². The highest BCUT2D eigenvalue weighted by molar-refractivity contribution is 9.11. The van der Waals surface area contributed by atoms with E-state index in [0.717, 1.165) is 26.6 Å². The standard InChI is InChI=1S/C15H10Br3NO/c16-8-1-2-14-11(3-8)12-4-9(17)5-13(18)15(12)19(14)6-10-7-20-10/h1-5,10H,6-7H2. The smallest absolute Gasteiger partial charge is 0.0988 e. The van der Waals surface area contributed by atoms with Gasteiger partial charge in [-0.25, -0.2) is 0 Å². The van der Waals surface area contributed by atoms with Gasteiger partial charge < -0.3 is 9.30 Å². The van der Waals surface area contributed by atoms with Gasteiger partial charge in [-0.05, 0) is 46.3 Å². The maximum absolute atomic E-state index is 5.41. The third kappa shape index (κ3) is 2.15. The Balaban J connectivity index is 2.14. The monoisotopic (exact) mass is 457 g/mol. The van der Waals surface area contributed by atoms with Gasteiger partial charge in [-0.15, -0.1) is 0 Å². The highest BCUT2D eigenvalue weighted by Crippen LogP contribution is 2.38. The quantitative estimate of drug-likeness (QED) is 0.464. The summed E-state index contributed by atoms with van der Waals surface area (Å²) < 4.78 is 11.1. The molecule has 0 amide bonds. The first-order valence-electron chi connectivity index (χ1n) is 6.31. The van der Waals surface area contributed by atoms with Crippen LogP contribution in [0.4, 0.5) is 0 Å². The Morgan fingerprint density at radius 3 is 2.55 bits per heavy atom. The molecular formula is C15H10Br3NO. The summed E-state index contributed by atoms with van der Waals surface area (Å²) in [4.78, 5) is 0. The fourth-order valence-electron chi connectivity index (χ4n) is 2.69. The van der Waals surface area contributed by atoms with Crippen LogP contribution in [0.25, 0.3) is 21.8 Å². The topological polar surface area (TPSA) is 17.5 Å². The summed E-state index contributed by atoms with van der Waals surface area (Å²) in [6.45, 7) is 1.77. The molecule has 1 unspecified atom stereocenters. The lowest BCUT2D eigenvalue weighted by Crippen LogP contribution is -2.03. The second-order valence-corrected chi connectivity index (χ2v) is 7.70. The summed E-state index contributed by atoms with van der Waals surface area (Å²) in [5.74, 6) is 0. The Morgan fingerprint density at radius 1 is 1.05 bits per heavy atom. The van der Waals surface area contributed by atoms with Gasteiger partial charge >= 0.3 is 0 Å². The van der Waals surface area contributed by atoms with Gasteiger partial charge in [0.15, 0.2) is 0 Å². The summed E-state index contributed by atoms with van der Waals surface area (Å²) in [5, 5.41) is 2.51. The lowest BCUT2D eigenvalue weighted by Gasteiger charge is -2.06. The molecule has 2 aromatic carbocycles. The molecule has 102 valence electrons.